The van der Waals surface area contributed by atoms with Gasteiger partial charge in [0.2, 0.25) is 0 Å². The van der Waals surface area contributed by atoms with E-state index in [2.05, 4.69) is 10.5 Å². The van der Waals surface area contributed by atoms with Crippen molar-refractivity contribution in [2.75, 3.05) is 0 Å². The molecule has 1 aromatic carbocycles. The third-order valence-electron chi connectivity index (χ3n) is 4.58. The second-order valence-corrected chi connectivity index (χ2v) is 6.93. The van der Waals surface area contributed by atoms with Gasteiger partial charge in [0.05, 0.1) is 0 Å². The van der Waals surface area contributed by atoms with Crippen molar-refractivity contribution in [1.82, 2.24) is 15.4 Å². The predicted octanol–water partition coefficient (Wildman–Crippen LogP) is 2.68. The first-order valence-corrected chi connectivity index (χ1v) is 8.74. The number of nitrogens with zero attached hydrogens (tertiary/aromatic N) is 2. The Kier molecular flexibility index (Phi) is 4.03. The summed E-state index contributed by atoms with van der Waals surface area (Å²) >= 11 is 0. The quantitative estimate of drug-likeness (QED) is 0.878. The molecular weight excluding hydrogens is 318 g/mol. The molecule has 2 aliphatic rings. The van der Waals surface area contributed by atoms with E-state index in [0.717, 1.165) is 31.2 Å². The van der Waals surface area contributed by atoms with Gasteiger partial charge in [0, 0.05) is 30.3 Å². The molecule has 130 valence electrons. The van der Waals surface area contributed by atoms with Crippen LogP contribution in [0.3, 0.4) is 0 Å². The predicted molar refractivity (Wildman–Crippen MR) is 91.1 cm³/mol. The van der Waals surface area contributed by atoms with Crippen molar-refractivity contribution in [1.29, 1.82) is 0 Å². The normalized spacial score (nSPS) is 16.5. The lowest BCUT2D eigenvalue weighted by Crippen LogP contribution is -2.32. The number of nitrogens with one attached hydrogen (secondary N) is 1. The van der Waals surface area contributed by atoms with Crippen molar-refractivity contribution in [3.8, 4) is 0 Å². The fourth-order valence-corrected chi connectivity index (χ4v) is 2.82. The monoisotopic (exact) mass is 339 g/mol. The van der Waals surface area contributed by atoms with E-state index >= 15 is 0 Å². The Morgan fingerprint density at radius 1 is 1.20 bits per heavy atom. The van der Waals surface area contributed by atoms with E-state index in [4.69, 9.17) is 4.52 Å². The Balaban J connectivity index is 1.45. The Bertz CT molecular complexity index is 789. The Hall–Kier alpha value is -2.63. The summed E-state index contributed by atoms with van der Waals surface area (Å²) in [6, 6.07) is 9.76. The summed E-state index contributed by atoms with van der Waals surface area (Å²) in [5.41, 5.74) is 2.01. The zero-order valence-electron chi connectivity index (χ0n) is 14.2. The van der Waals surface area contributed by atoms with E-state index in [-0.39, 0.29) is 17.9 Å². The van der Waals surface area contributed by atoms with Gasteiger partial charge in [-0.2, -0.15) is 0 Å². The van der Waals surface area contributed by atoms with E-state index in [1.54, 1.807) is 13.0 Å². The van der Waals surface area contributed by atoms with Gasteiger partial charge in [-0.05, 0) is 50.3 Å². The van der Waals surface area contributed by atoms with E-state index in [1.807, 2.05) is 29.2 Å². The molecule has 2 aromatic rings. The summed E-state index contributed by atoms with van der Waals surface area (Å²) in [6.45, 7) is 2.29. The fourth-order valence-electron chi connectivity index (χ4n) is 2.82. The van der Waals surface area contributed by atoms with Crippen LogP contribution in [0.1, 0.15) is 57.9 Å². The molecular formula is C19H21N3O3. The van der Waals surface area contributed by atoms with Crippen molar-refractivity contribution in [3.63, 3.8) is 0 Å². The average Bonchev–Trinajstić information content (AvgIpc) is 3.53. The molecule has 2 aliphatic carbocycles. The highest BCUT2D eigenvalue weighted by Crippen LogP contribution is 2.30. The van der Waals surface area contributed by atoms with Crippen molar-refractivity contribution >= 4 is 11.8 Å². The van der Waals surface area contributed by atoms with Crippen LogP contribution in [-0.2, 0) is 6.54 Å². The summed E-state index contributed by atoms with van der Waals surface area (Å²) in [7, 11) is 0. The number of hydrogen-bond donors (Lipinski definition) is 1. The minimum absolute atomic E-state index is 0.0257. The van der Waals surface area contributed by atoms with Gasteiger partial charge in [0.1, 0.15) is 5.76 Å². The van der Waals surface area contributed by atoms with Crippen molar-refractivity contribution < 1.29 is 14.1 Å². The summed E-state index contributed by atoms with van der Waals surface area (Å²) in [5, 5.41) is 6.82. The summed E-state index contributed by atoms with van der Waals surface area (Å²) in [4.78, 5) is 26.6. The summed E-state index contributed by atoms with van der Waals surface area (Å²) in [5.74, 6) is 0.502. The van der Waals surface area contributed by atoms with E-state index in [9.17, 15) is 9.59 Å². The van der Waals surface area contributed by atoms with Crippen molar-refractivity contribution in [3.05, 3.63) is 52.9 Å². The van der Waals surface area contributed by atoms with Crippen LogP contribution >= 0.6 is 0 Å². The van der Waals surface area contributed by atoms with Gasteiger partial charge in [-0.1, -0.05) is 17.3 Å². The maximum atomic E-state index is 12.7. The Labute approximate surface area is 146 Å². The van der Waals surface area contributed by atoms with Crippen LogP contribution in [-0.4, -0.2) is 34.0 Å². The first kappa shape index (κ1) is 15.9. The minimum atomic E-state index is -0.102. The number of hydrogen-bond acceptors (Lipinski definition) is 4. The van der Waals surface area contributed by atoms with Crippen LogP contribution in [0.25, 0.3) is 0 Å². The zero-order valence-corrected chi connectivity index (χ0v) is 14.2. The van der Waals surface area contributed by atoms with Gasteiger partial charge >= 0.3 is 0 Å². The number of rotatable bonds is 6. The largest absolute Gasteiger partial charge is 0.361 e. The molecule has 2 fully saturated rings. The lowest BCUT2D eigenvalue weighted by molar-refractivity contribution is 0.0719. The van der Waals surface area contributed by atoms with Gasteiger partial charge in [-0.15, -0.1) is 0 Å². The van der Waals surface area contributed by atoms with Crippen LogP contribution in [0.5, 0.6) is 0 Å². The van der Waals surface area contributed by atoms with Crippen molar-refractivity contribution in [2.24, 2.45) is 0 Å². The maximum Gasteiger partial charge on any atom is 0.276 e. The molecule has 1 aromatic heterocycles. The molecule has 0 atom stereocenters. The Morgan fingerprint density at radius 2 is 1.92 bits per heavy atom. The third-order valence-corrected chi connectivity index (χ3v) is 4.58. The van der Waals surface area contributed by atoms with Crippen LogP contribution in [0.4, 0.5) is 0 Å². The van der Waals surface area contributed by atoms with E-state index in [1.165, 1.54) is 0 Å². The lowest BCUT2D eigenvalue weighted by Gasteiger charge is -2.21. The van der Waals surface area contributed by atoms with E-state index < -0.39 is 0 Å². The smallest absolute Gasteiger partial charge is 0.276 e. The number of aryl methyl sites for hydroxylation is 1. The molecule has 6 heteroatoms. The molecule has 2 amide bonds. The van der Waals surface area contributed by atoms with Gasteiger partial charge in [0.15, 0.2) is 5.69 Å². The summed E-state index contributed by atoms with van der Waals surface area (Å²) < 4.78 is 5.02. The second-order valence-electron chi connectivity index (χ2n) is 6.93. The standard InChI is InChI=1S/C19H21N3O3/c1-12-10-17(21-25-12)19(24)22(16-8-9-16)11-13-2-4-14(5-3-13)18(23)20-15-6-7-15/h2-5,10,15-16H,6-9,11H2,1H3,(H,20,23). The molecule has 1 heterocycles. The molecule has 0 saturated heterocycles. The number of benzene rings is 1. The molecule has 0 bridgehead atoms. The van der Waals surface area contributed by atoms with Gasteiger partial charge in [0.25, 0.3) is 11.8 Å². The highest BCUT2D eigenvalue weighted by Gasteiger charge is 2.34. The molecule has 6 nitrogen and oxygen atoms in total. The maximum absolute atomic E-state index is 12.7. The third kappa shape index (κ3) is 3.73. The number of carbonyl (C=O) groups is 2. The van der Waals surface area contributed by atoms with Crippen LogP contribution in [0.15, 0.2) is 34.9 Å². The SMILES string of the molecule is Cc1cc(C(=O)N(Cc2ccc(C(=O)NC3CC3)cc2)C2CC2)no1. The first-order chi connectivity index (χ1) is 12.1. The van der Waals surface area contributed by atoms with Crippen LogP contribution in [0, 0.1) is 6.92 Å². The fraction of sp³-hybridized carbons (Fsp3) is 0.421. The molecule has 0 aliphatic heterocycles. The second kappa shape index (κ2) is 6.35. The average molecular weight is 339 g/mol. The van der Waals surface area contributed by atoms with Gasteiger partial charge in [-0.25, -0.2) is 0 Å². The lowest BCUT2D eigenvalue weighted by atomic mass is 10.1. The molecule has 0 spiro atoms. The van der Waals surface area contributed by atoms with Gasteiger partial charge < -0.3 is 14.7 Å². The topological polar surface area (TPSA) is 75.4 Å². The highest BCUT2D eigenvalue weighted by atomic mass is 16.5. The minimum Gasteiger partial charge on any atom is -0.361 e. The Morgan fingerprint density at radius 3 is 2.48 bits per heavy atom. The summed E-state index contributed by atoms with van der Waals surface area (Å²) in [6.07, 6.45) is 4.18. The number of carbonyl (C=O) groups excluding carboxylic acids is 2. The first-order valence-electron chi connectivity index (χ1n) is 8.74. The van der Waals surface area contributed by atoms with E-state index in [0.29, 0.717) is 29.6 Å². The molecule has 1 N–H and O–H groups in total. The number of aromatic nitrogens is 1. The van der Waals surface area contributed by atoms with Crippen molar-refractivity contribution in [2.45, 2.75) is 51.2 Å². The molecule has 2 saturated carbocycles. The molecule has 0 unspecified atom stereocenters. The molecule has 0 radical (unpaired) electrons. The molecule has 25 heavy (non-hydrogen) atoms. The number of amides is 2. The van der Waals surface area contributed by atoms with Crippen LogP contribution < -0.4 is 5.32 Å². The van der Waals surface area contributed by atoms with Crippen LogP contribution in [0.2, 0.25) is 0 Å². The van der Waals surface area contributed by atoms with Gasteiger partial charge in [-0.3, -0.25) is 9.59 Å². The zero-order chi connectivity index (χ0) is 17.4. The molecule has 4 rings (SSSR count). The highest BCUT2D eigenvalue weighted by molar-refractivity contribution is 5.94.